The molecule has 0 aromatic carbocycles. The summed E-state index contributed by atoms with van der Waals surface area (Å²) in [5.41, 5.74) is 0. The molecule has 16 heavy (non-hydrogen) atoms. The monoisotopic (exact) mass is 225 g/mol. The normalized spacial score (nSPS) is 22.5. The zero-order valence-corrected chi connectivity index (χ0v) is 9.98. The fourth-order valence-electron chi connectivity index (χ4n) is 2.12. The molecule has 0 aliphatic carbocycles. The Bertz CT molecular complexity index is 325. The van der Waals surface area contributed by atoms with Crippen molar-refractivity contribution in [1.29, 1.82) is 0 Å². The Balaban J connectivity index is 1.85. The van der Waals surface area contributed by atoms with Gasteiger partial charge in [-0.3, -0.25) is 4.90 Å². The summed E-state index contributed by atoms with van der Waals surface area (Å²) in [4.78, 5) is 2.32. The molecule has 0 spiro atoms. The number of rotatable bonds is 4. The van der Waals surface area contributed by atoms with Gasteiger partial charge in [0.2, 0.25) is 11.8 Å². The molecule has 2 rings (SSSR count). The number of ether oxygens (including phenoxy) is 1. The molecule has 0 N–H and O–H groups in total. The zero-order chi connectivity index (χ0) is 11.4. The highest BCUT2D eigenvalue weighted by molar-refractivity contribution is 4.82. The molecule has 1 saturated heterocycles. The molecule has 1 aromatic rings. The molecule has 1 fully saturated rings. The predicted octanol–water partition coefficient (Wildman–Crippen LogP) is 1.38. The van der Waals surface area contributed by atoms with Crippen molar-refractivity contribution in [3.8, 4) is 0 Å². The quantitative estimate of drug-likeness (QED) is 0.774. The smallest absolute Gasteiger partial charge is 0.230 e. The van der Waals surface area contributed by atoms with Crippen molar-refractivity contribution in [1.82, 2.24) is 15.1 Å². The van der Waals surface area contributed by atoms with E-state index in [1.165, 1.54) is 6.42 Å². The summed E-state index contributed by atoms with van der Waals surface area (Å²) in [6.07, 6.45) is 2.70. The average molecular weight is 225 g/mol. The summed E-state index contributed by atoms with van der Waals surface area (Å²) in [5, 5.41) is 7.84. The first-order valence-electron chi connectivity index (χ1n) is 5.91. The Morgan fingerprint density at radius 2 is 2.38 bits per heavy atom. The maximum absolute atomic E-state index is 5.65. The van der Waals surface area contributed by atoms with Gasteiger partial charge in [0.05, 0.1) is 12.6 Å². The molecule has 5 heteroatoms. The Kier molecular flexibility index (Phi) is 3.90. The van der Waals surface area contributed by atoms with Crippen LogP contribution in [0, 0.1) is 6.92 Å². The number of hydrogen-bond donors (Lipinski definition) is 0. The molecule has 1 aromatic heterocycles. The molecule has 0 radical (unpaired) electrons. The zero-order valence-electron chi connectivity index (χ0n) is 9.98. The number of piperidine rings is 1. The van der Waals surface area contributed by atoms with Gasteiger partial charge in [0.15, 0.2) is 0 Å². The van der Waals surface area contributed by atoms with Crippen LogP contribution in [0.2, 0.25) is 0 Å². The highest BCUT2D eigenvalue weighted by atomic mass is 16.5. The summed E-state index contributed by atoms with van der Waals surface area (Å²) in [7, 11) is 0. The Hall–Kier alpha value is -0.940. The van der Waals surface area contributed by atoms with Gasteiger partial charge in [0.25, 0.3) is 0 Å². The van der Waals surface area contributed by atoms with E-state index in [-0.39, 0.29) is 0 Å². The van der Waals surface area contributed by atoms with Gasteiger partial charge in [0.1, 0.15) is 0 Å². The van der Waals surface area contributed by atoms with Crippen molar-refractivity contribution in [3.63, 3.8) is 0 Å². The average Bonchev–Trinajstić information content (AvgIpc) is 2.65. The van der Waals surface area contributed by atoms with E-state index in [0.717, 1.165) is 32.7 Å². The molecule has 0 saturated carbocycles. The van der Waals surface area contributed by atoms with Crippen LogP contribution in [-0.2, 0) is 11.3 Å². The van der Waals surface area contributed by atoms with E-state index in [1.807, 2.05) is 13.8 Å². The van der Waals surface area contributed by atoms with Gasteiger partial charge in [-0.25, -0.2) is 0 Å². The number of hydrogen-bond acceptors (Lipinski definition) is 5. The van der Waals surface area contributed by atoms with Crippen LogP contribution in [0.3, 0.4) is 0 Å². The topological polar surface area (TPSA) is 51.4 Å². The Labute approximate surface area is 95.8 Å². The predicted molar refractivity (Wildman–Crippen MR) is 59.0 cm³/mol. The molecular weight excluding hydrogens is 206 g/mol. The molecular formula is C11H19N3O2. The van der Waals surface area contributed by atoms with Gasteiger partial charge in [-0.05, 0) is 26.3 Å². The van der Waals surface area contributed by atoms with Gasteiger partial charge >= 0.3 is 0 Å². The highest BCUT2D eigenvalue weighted by Crippen LogP contribution is 2.15. The third-order valence-electron chi connectivity index (χ3n) is 2.79. The van der Waals surface area contributed by atoms with Crippen molar-refractivity contribution in [2.45, 2.75) is 39.3 Å². The van der Waals surface area contributed by atoms with Crippen molar-refractivity contribution >= 4 is 0 Å². The fourth-order valence-corrected chi connectivity index (χ4v) is 2.12. The molecule has 1 atom stereocenters. The SMILES string of the molecule is CCO[C@H]1CCCN(Cc2nnc(C)o2)C1. The van der Waals surface area contributed by atoms with Crippen molar-refractivity contribution < 1.29 is 9.15 Å². The van der Waals surface area contributed by atoms with E-state index in [1.54, 1.807) is 0 Å². The summed E-state index contributed by atoms with van der Waals surface area (Å²) in [5.74, 6) is 1.34. The lowest BCUT2D eigenvalue weighted by Gasteiger charge is -2.31. The van der Waals surface area contributed by atoms with Crippen LogP contribution >= 0.6 is 0 Å². The minimum Gasteiger partial charge on any atom is -0.424 e. The van der Waals surface area contributed by atoms with Crippen molar-refractivity contribution in [2.24, 2.45) is 0 Å². The van der Waals surface area contributed by atoms with Crippen molar-refractivity contribution in [3.05, 3.63) is 11.8 Å². The first-order chi connectivity index (χ1) is 7.78. The van der Waals surface area contributed by atoms with E-state index in [9.17, 15) is 0 Å². The molecule has 0 bridgehead atoms. The van der Waals surface area contributed by atoms with E-state index in [0.29, 0.717) is 17.9 Å². The molecule has 0 unspecified atom stereocenters. The summed E-state index contributed by atoms with van der Waals surface area (Å²) >= 11 is 0. The van der Waals surface area contributed by atoms with Crippen LogP contribution in [0.15, 0.2) is 4.42 Å². The number of likely N-dealkylation sites (tertiary alicyclic amines) is 1. The minimum absolute atomic E-state index is 0.364. The lowest BCUT2D eigenvalue weighted by atomic mass is 10.1. The second-order valence-electron chi connectivity index (χ2n) is 4.17. The Morgan fingerprint density at radius 3 is 3.06 bits per heavy atom. The number of aryl methyl sites for hydroxylation is 1. The second kappa shape index (κ2) is 5.41. The van der Waals surface area contributed by atoms with Gasteiger partial charge in [0, 0.05) is 20.1 Å². The first-order valence-corrected chi connectivity index (χ1v) is 5.91. The maximum Gasteiger partial charge on any atom is 0.230 e. The standard InChI is InChI=1S/C11H19N3O2/c1-3-15-10-5-4-6-14(7-10)8-11-13-12-9(2)16-11/h10H,3-8H2,1-2H3/t10-/m0/s1. The lowest BCUT2D eigenvalue weighted by Crippen LogP contribution is -2.39. The summed E-state index contributed by atoms with van der Waals surface area (Å²) < 4.78 is 11.0. The van der Waals surface area contributed by atoms with Gasteiger partial charge < -0.3 is 9.15 Å². The third-order valence-corrected chi connectivity index (χ3v) is 2.79. The molecule has 90 valence electrons. The van der Waals surface area contributed by atoms with Gasteiger partial charge in [-0.2, -0.15) is 0 Å². The van der Waals surface area contributed by atoms with Crippen LogP contribution in [-0.4, -0.2) is 40.9 Å². The molecule has 1 aliphatic heterocycles. The van der Waals surface area contributed by atoms with Crippen LogP contribution in [0.5, 0.6) is 0 Å². The minimum atomic E-state index is 0.364. The summed E-state index contributed by atoms with van der Waals surface area (Å²) in [6, 6.07) is 0. The van der Waals surface area contributed by atoms with Crippen molar-refractivity contribution in [2.75, 3.05) is 19.7 Å². The highest BCUT2D eigenvalue weighted by Gasteiger charge is 2.21. The molecule has 1 aliphatic rings. The molecule has 5 nitrogen and oxygen atoms in total. The van der Waals surface area contributed by atoms with Crippen LogP contribution in [0.4, 0.5) is 0 Å². The lowest BCUT2D eigenvalue weighted by molar-refractivity contribution is 0.00150. The molecule has 2 heterocycles. The number of aromatic nitrogens is 2. The van der Waals surface area contributed by atoms with E-state index in [2.05, 4.69) is 15.1 Å². The van der Waals surface area contributed by atoms with Crippen LogP contribution < -0.4 is 0 Å². The van der Waals surface area contributed by atoms with Crippen LogP contribution in [0.1, 0.15) is 31.5 Å². The number of nitrogens with zero attached hydrogens (tertiary/aromatic N) is 3. The fraction of sp³-hybridized carbons (Fsp3) is 0.818. The van der Waals surface area contributed by atoms with E-state index >= 15 is 0 Å². The maximum atomic E-state index is 5.65. The van der Waals surface area contributed by atoms with Crippen LogP contribution in [0.25, 0.3) is 0 Å². The van der Waals surface area contributed by atoms with E-state index in [4.69, 9.17) is 9.15 Å². The van der Waals surface area contributed by atoms with Gasteiger partial charge in [-0.1, -0.05) is 0 Å². The molecule has 0 amide bonds. The van der Waals surface area contributed by atoms with E-state index < -0.39 is 0 Å². The second-order valence-corrected chi connectivity index (χ2v) is 4.17. The largest absolute Gasteiger partial charge is 0.424 e. The Morgan fingerprint density at radius 1 is 1.50 bits per heavy atom. The van der Waals surface area contributed by atoms with Gasteiger partial charge in [-0.15, -0.1) is 10.2 Å². The summed E-state index contributed by atoms with van der Waals surface area (Å²) in [6.45, 7) is 7.44. The third kappa shape index (κ3) is 3.02. The first kappa shape index (κ1) is 11.5.